The fraction of sp³-hybridized carbons (Fsp3) is 1.00. The summed E-state index contributed by atoms with van der Waals surface area (Å²) in [6, 6.07) is 0. The Hall–Kier alpha value is 0.0569. The highest BCUT2D eigenvalue weighted by Crippen LogP contribution is 2.50. The van der Waals surface area contributed by atoms with Gasteiger partial charge in [-0.25, -0.2) is 0 Å². The predicted octanol–water partition coefficient (Wildman–Crippen LogP) is 2.92. The van der Waals surface area contributed by atoms with Crippen LogP contribution >= 0.6 is 0 Å². The number of rotatable bonds is 8. The molecule has 0 aromatic heterocycles. The van der Waals surface area contributed by atoms with Crippen LogP contribution in [0.15, 0.2) is 0 Å². The Balaban J connectivity index is 2.19. The van der Waals surface area contributed by atoms with Crippen molar-refractivity contribution in [3.63, 3.8) is 0 Å². The molecule has 112 valence electrons. The number of ether oxygens (including phenoxy) is 1. The zero-order chi connectivity index (χ0) is 13.8. The van der Waals surface area contributed by atoms with Gasteiger partial charge in [0.1, 0.15) is 0 Å². The first-order valence-corrected chi connectivity index (χ1v) is 9.53. The van der Waals surface area contributed by atoms with E-state index in [1.807, 2.05) is 20.8 Å². The van der Waals surface area contributed by atoms with Crippen molar-refractivity contribution in [2.75, 3.05) is 26.4 Å². The van der Waals surface area contributed by atoms with Gasteiger partial charge in [-0.05, 0) is 39.5 Å². The lowest BCUT2D eigenvalue weighted by molar-refractivity contribution is 0.0249. The first kappa shape index (κ1) is 15.4. The Labute approximate surface area is 118 Å². The van der Waals surface area contributed by atoms with Crippen molar-refractivity contribution >= 4 is 8.80 Å². The molecule has 1 unspecified atom stereocenters. The summed E-state index contributed by atoms with van der Waals surface area (Å²) in [6.45, 7) is 8.67. The Morgan fingerprint density at radius 3 is 1.79 bits per heavy atom. The molecule has 2 aliphatic rings. The Morgan fingerprint density at radius 2 is 1.42 bits per heavy atom. The van der Waals surface area contributed by atoms with E-state index in [-0.39, 0.29) is 5.22 Å². The average Bonchev–Trinajstić information content (AvgIpc) is 3.22. The molecule has 4 nitrogen and oxygen atoms in total. The van der Waals surface area contributed by atoms with E-state index >= 15 is 0 Å². The zero-order valence-corrected chi connectivity index (χ0v) is 13.6. The number of hydrogen-bond acceptors (Lipinski definition) is 4. The van der Waals surface area contributed by atoms with Gasteiger partial charge in [-0.15, -0.1) is 0 Å². The minimum absolute atomic E-state index is 0.241. The van der Waals surface area contributed by atoms with Gasteiger partial charge in [0.15, 0.2) is 5.22 Å². The Morgan fingerprint density at radius 1 is 0.947 bits per heavy atom. The van der Waals surface area contributed by atoms with Crippen LogP contribution in [0, 0.1) is 5.92 Å². The summed E-state index contributed by atoms with van der Waals surface area (Å²) in [5.74, 6) is 0.553. The second-order valence-corrected chi connectivity index (χ2v) is 8.19. The van der Waals surface area contributed by atoms with Crippen LogP contribution in [0.2, 0.25) is 0 Å². The fourth-order valence-electron chi connectivity index (χ4n) is 3.37. The van der Waals surface area contributed by atoms with E-state index < -0.39 is 8.80 Å². The first-order valence-electron chi connectivity index (χ1n) is 7.80. The van der Waals surface area contributed by atoms with Crippen molar-refractivity contribution < 1.29 is 18.0 Å². The van der Waals surface area contributed by atoms with Crippen LogP contribution in [0.4, 0.5) is 0 Å². The predicted molar refractivity (Wildman–Crippen MR) is 75.9 cm³/mol. The van der Waals surface area contributed by atoms with Crippen LogP contribution in [-0.2, 0) is 18.0 Å². The van der Waals surface area contributed by atoms with Crippen molar-refractivity contribution in [2.45, 2.75) is 58.1 Å². The second-order valence-electron chi connectivity index (χ2n) is 5.37. The van der Waals surface area contributed by atoms with Gasteiger partial charge < -0.3 is 18.0 Å². The van der Waals surface area contributed by atoms with Crippen LogP contribution in [0.1, 0.15) is 52.9 Å². The molecule has 5 heteroatoms. The highest BCUT2D eigenvalue weighted by molar-refractivity contribution is 6.65. The summed E-state index contributed by atoms with van der Waals surface area (Å²) in [5, 5.41) is -0.241. The highest BCUT2D eigenvalue weighted by Gasteiger charge is 2.73. The molecule has 1 aliphatic carbocycles. The van der Waals surface area contributed by atoms with Gasteiger partial charge >= 0.3 is 8.80 Å². The molecule has 0 aromatic carbocycles. The highest BCUT2D eigenvalue weighted by atomic mass is 28.4. The van der Waals surface area contributed by atoms with Crippen LogP contribution in [-0.4, -0.2) is 40.5 Å². The molecule has 19 heavy (non-hydrogen) atoms. The molecule has 2 fully saturated rings. The van der Waals surface area contributed by atoms with E-state index in [0.717, 1.165) is 6.61 Å². The maximum absolute atomic E-state index is 6.06. The third-order valence-electron chi connectivity index (χ3n) is 4.24. The normalized spacial score (nSPS) is 28.6. The summed E-state index contributed by atoms with van der Waals surface area (Å²) in [5.41, 5.74) is 0. The molecular weight excluding hydrogens is 260 g/mol. The summed E-state index contributed by atoms with van der Waals surface area (Å²) >= 11 is 0. The molecule has 0 bridgehead atoms. The molecule has 0 radical (unpaired) electrons. The van der Waals surface area contributed by atoms with Crippen molar-refractivity contribution in [3.8, 4) is 0 Å². The molecule has 1 atom stereocenters. The van der Waals surface area contributed by atoms with E-state index in [4.69, 9.17) is 18.0 Å². The number of hydrogen-bond donors (Lipinski definition) is 0. The van der Waals surface area contributed by atoms with Crippen molar-refractivity contribution in [3.05, 3.63) is 0 Å². The zero-order valence-electron chi connectivity index (χ0n) is 12.6. The van der Waals surface area contributed by atoms with E-state index in [0.29, 0.717) is 25.7 Å². The van der Waals surface area contributed by atoms with E-state index in [1.165, 1.54) is 32.1 Å². The summed E-state index contributed by atoms with van der Waals surface area (Å²) < 4.78 is 24.1. The number of epoxide rings is 1. The minimum Gasteiger partial charge on any atom is -0.372 e. The lowest BCUT2D eigenvalue weighted by atomic mass is 9.87. The maximum atomic E-state index is 6.06. The SMILES string of the molecule is CCO[Si](OCC)(OCC)C1(C2CCCCC2)CO1. The minimum atomic E-state index is -2.72. The Kier molecular flexibility index (Phi) is 5.43. The maximum Gasteiger partial charge on any atom is 0.537 e. The molecular formula is C14H28O4Si. The lowest BCUT2D eigenvalue weighted by Gasteiger charge is -2.38. The third kappa shape index (κ3) is 2.90. The summed E-state index contributed by atoms with van der Waals surface area (Å²) in [4.78, 5) is 0. The van der Waals surface area contributed by atoms with Crippen molar-refractivity contribution in [1.29, 1.82) is 0 Å². The van der Waals surface area contributed by atoms with E-state index in [2.05, 4.69) is 0 Å². The third-order valence-corrected chi connectivity index (χ3v) is 7.98. The van der Waals surface area contributed by atoms with Gasteiger partial charge in [-0.3, -0.25) is 0 Å². The molecule has 1 aliphatic heterocycles. The average molecular weight is 288 g/mol. The fourth-order valence-corrected chi connectivity index (χ4v) is 6.71. The molecule has 1 saturated carbocycles. The quantitative estimate of drug-likeness (QED) is 0.508. The Bertz CT molecular complexity index is 258. The van der Waals surface area contributed by atoms with Crippen molar-refractivity contribution in [2.24, 2.45) is 5.92 Å². The van der Waals surface area contributed by atoms with Gasteiger partial charge in [0.2, 0.25) is 0 Å². The van der Waals surface area contributed by atoms with Gasteiger partial charge in [-0.2, -0.15) is 0 Å². The molecule has 0 spiro atoms. The molecule has 1 heterocycles. The van der Waals surface area contributed by atoms with Crippen LogP contribution < -0.4 is 0 Å². The molecule has 0 aromatic rings. The monoisotopic (exact) mass is 288 g/mol. The van der Waals surface area contributed by atoms with E-state index in [9.17, 15) is 0 Å². The molecule has 2 rings (SSSR count). The first-order chi connectivity index (χ1) is 9.24. The largest absolute Gasteiger partial charge is 0.537 e. The van der Waals surface area contributed by atoms with Crippen LogP contribution in [0.5, 0.6) is 0 Å². The van der Waals surface area contributed by atoms with Crippen LogP contribution in [0.3, 0.4) is 0 Å². The lowest BCUT2D eigenvalue weighted by Crippen LogP contribution is -2.62. The standard InChI is InChI=1S/C14H28O4Si/c1-4-16-19(17-5-2,18-6-3)14(12-15-14)13-10-8-7-9-11-13/h13H,4-12H2,1-3H3. The smallest absolute Gasteiger partial charge is 0.372 e. The summed E-state index contributed by atoms with van der Waals surface area (Å²) in [6.07, 6.45) is 6.39. The topological polar surface area (TPSA) is 40.2 Å². The summed E-state index contributed by atoms with van der Waals surface area (Å²) in [7, 11) is -2.72. The van der Waals surface area contributed by atoms with Gasteiger partial charge in [0, 0.05) is 19.8 Å². The molecule has 1 saturated heterocycles. The van der Waals surface area contributed by atoms with Crippen molar-refractivity contribution in [1.82, 2.24) is 0 Å². The van der Waals surface area contributed by atoms with E-state index in [1.54, 1.807) is 0 Å². The molecule has 0 amide bonds. The van der Waals surface area contributed by atoms with Gasteiger partial charge in [0.05, 0.1) is 6.61 Å². The van der Waals surface area contributed by atoms with Gasteiger partial charge in [-0.1, -0.05) is 19.3 Å². The molecule has 0 N–H and O–H groups in total. The van der Waals surface area contributed by atoms with Crippen LogP contribution in [0.25, 0.3) is 0 Å². The second kappa shape index (κ2) is 6.67. The van der Waals surface area contributed by atoms with Gasteiger partial charge in [0.25, 0.3) is 0 Å².